The quantitative estimate of drug-likeness (QED) is 0.647. The summed E-state index contributed by atoms with van der Waals surface area (Å²) in [6, 6.07) is 11.7. The number of aromatic amines is 1. The lowest BCUT2D eigenvalue weighted by atomic mass is 10.2. The summed E-state index contributed by atoms with van der Waals surface area (Å²) in [5, 5.41) is 0.861. The van der Waals surface area contributed by atoms with E-state index in [-0.39, 0.29) is 0 Å². The number of hydrogen-bond donors (Lipinski definition) is 2. The van der Waals surface area contributed by atoms with E-state index in [0.717, 1.165) is 16.6 Å². The van der Waals surface area contributed by atoms with Crippen LogP contribution in [0.4, 0.5) is 5.82 Å². The SMILES string of the molecule is Nc1nc(-c2ccccc2)nc2[nH]ccc12. The molecule has 2 heterocycles. The Morgan fingerprint density at radius 2 is 1.81 bits per heavy atom. The Kier molecular flexibility index (Phi) is 1.86. The first-order valence-corrected chi connectivity index (χ1v) is 5.00. The zero-order chi connectivity index (χ0) is 11.0. The summed E-state index contributed by atoms with van der Waals surface area (Å²) >= 11 is 0. The molecule has 4 nitrogen and oxygen atoms in total. The van der Waals surface area contributed by atoms with Crippen molar-refractivity contribution in [1.82, 2.24) is 15.0 Å². The molecule has 0 spiro atoms. The monoisotopic (exact) mass is 210 g/mol. The van der Waals surface area contributed by atoms with E-state index in [2.05, 4.69) is 15.0 Å². The molecule has 0 aliphatic carbocycles. The molecular formula is C12H10N4. The van der Waals surface area contributed by atoms with Crippen molar-refractivity contribution < 1.29 is 0 Å². The lowest BCUT2D eigenvalue weighted by Crippen LogP contribution is -1.96. The summed E-state index contributed by atoms with van der Waals surface area (Å²) in [4.78, 5) is 11.7. The first-order valence-electron chi connectivity index (χ1n) is 5.00. The van der Waals surface area contributed by atoms with Crippen molar-refractivity contribution in [2.24, 2.45) is 0 Å². The van der Waals surface area contributed by atoms with Crippen LogP contribution >= 0.6 is 0 Å². The summed E-state index contributed by atoms with van der Waals surface area (Å²) in [6.45, 7) is 0. The molecule has 0 atom stereocenters. The zero-order valence-electron chi connectivity index (χ0n) is 8.51. The van der Waals surface area contributed by atoms with Crippen LogP contribution in [-0.2, 0) is 0 Å². The maximum absolute atomic E-state index is 5.87. The van der Waals surface area contributed by atoms with Gasteiger partial charge in [0.15, 0.2) is 5.82 Å². The van der Waals surface area contributed by atoms with E-state index >= 15 is 0 Å². The van der Waals surface area contributed by atoms with Gasteiger partial charge in [0.1, 0.15) is 11.5 Å². The van der Waals surface area contributed by atoms with Gasteiger partial charge in [-0.15, -0.1) is 0 Å². The fourth-order valence-electron chi connectivity index (χ4n) is 1.68. The predicted octanol–water partition coefficient (Wildman–Crippen LogP) is 2.21. The molecule has 0 saturated heterocycles. The molecule has 16 heavy (non-hydrogen) atoms. The van der Waals surface area contributed by atoms with Crippen LogP contribution in [0.5, 0.6) is 0 Å². The Morgan fingerprint density at radius 3 is 2.62 bits per heavy atom. The lowest BCUT2D eigenvalue weighted by Gasteiger charge is -2.01. The number of anilines is 1. The van der Waals surface area contributed by atoms with Crippen LogP contribution in [0.1, 0.15) is 0 Å². The molecule has 78 valence electrons. The molecule has 4 heteroatoms. The van der Waals surface area contributed by atoms with Crippen LogP contribution in [0.25, 0.3) is 22.4 Å². The summed E-state index contributed by atoms with van der Waals surface area (Å²) in [6.07, 6.45) is 1.81. The third-order valence-electron chi connectivity index (χ3n) is 2.48. The normalized spacial score (nSPS) is 10.8. The third kappa shape index (κ3) is 1.32. The van der Waals surface area contributed by atoms with Gasteiger partial charge in [-0.25, -0.2) is 9.97 Å². The fraction of sp³-hybridized carbons (Fsp3) is 0. The molecule has 0 fully saturated rings. The lowest BCUT2D eigenvalue weighted by molar-refractivity contribution is 1.21. The van der Waals surface area contributed by atoms with Crippen molar-refractivity contribution in [2.75, 3.05) is 5.73 Å². The summed E-state index contributed by atoms with van der Waals surface area (Å²) in [7, 11) is 0. The van der Waals surface area contributed by atoms with E-state index in [4.69, 9.17) is 5.73 Å². The number of fused-ring (bicyclic) bond motifs is 1. The van der Waals surface area contributed by atoms with Gasteiger partial charge < -0.3 is 10.7 Å². The topological polar surface area (TPSA) is 67.6 Å². The first kappa shape index (κ1) is 8.91. The molecule has 0 bridgehead atoms. The Labute approximate surface area is 92.2 Å². The van der Waals surface area contributed by atoms with Crippen LogP contribution in [0, 0.1) is 0 Å². The molecule has 0 unspecified atom stereocenters. The minimum Gasteiger partial charge on any atom is -0.383 e. The Balaban J connectivity index is 2.25. The molecule has 0 radical (unpaired) electrons. The molecular weight excluding hydrogens is 200 g/mol. The van der Waals surface area contributed by atoms with Crippen molar-refractivity contribution in [2.45, 2.75) is 0 Å². The van der Waals surface area contributed by atoms with Gasteiger partial charge in [-0.05, 0) is 6.07 Å². The highest BCUT2D eigenvalue weighted by Crippen LogP contribution is 2.21. The molecule has 2 aromatic heterocycles. The highest BCUT2D eigenvalue weighted by Gasteiger charge is 2.06. The van der Waals surface area contributed by atoms with Crippen molar-refractivity contribution in [1.29, 1.82) is 0 Å². The number of nitrogens with zero attached hydrogens (tertiary/aromatic N) is 2. The summed E-state index contributed by atoms with van der Waals surface area (Å²) in [5.41, 5.74) is 7.60. The minimum atomic E-state index is 0.505. The molecule has 0 saturated carbocycles. The van der Waals surface area contributed by atoms with Gasteiger partial charge in [-0.3, -0.25) is 0 Å². The van der Waals surface area contributed by atoms with Gasteiger partial charge in [0.25, 0.3) is 0 Å². The molecule has 3 aromatic rings. The molecule has 3 rings (SSSR count). The van der Waals surface area contributed by atoms with E-state index in [0.29, 0.717) is 11.6 Å². The predicted molar refractivity (Wildman–Crippen MR) is 63.7 cm³/mol. The third-order valence-corrected chi connectivity index (χ3v) is 2.48. The molecule has 0 aliphatic rings. The summed E-state index contributed by atoms with van der Waals surface area (Å²) in [5.74, 6) is 1.15. The van der Waals surface area contributed by atoms with Gasteiger partial charge >= 0.3 is 0 Å². The fourth-order valence-corrected chi connectivity index (χ4v) is 1.68. The van der Waals surface area contributed by atoms with E-state index < -0.39 is 0 Å². The number of nitrogens with one attached hydrogen (secondary N) is 1. The van der Waals surface area contributed by atoms with Crippen molar-refractivity contribution in [3.8, 4) is 11.4 Å². The molecule has 3 N–H and O–H groups in total. The Morgan fingerprint density at radius 1 is 1.00 bits per heavy atom. The highest BCUT2D eigenvalue weighted by molar-refractivity contribution is 5.87. The van der Waals surface area contributed by atoms with Crippen LogP contribution in [0.15, 0.2) is 42.6 Å². The van der Waals surface area contributed by atoms with Crippen molar-refractivity contribution in [3.63, 3.8) is 0 Å². The van der Waals surface area contributed by atoms with Gasteiger partial charge in [0.05, 0.1) is 5.39 Å². The minimum absolute atomic E-state index is 0.505. The second kappa shape index (κ2) is 3.34. The number of H-pyrrole nitrogens is 1. The van der Waals surface area contributed by atoms with Gasteiger partial charge in [-0.2, -0.15) is 0 Å². The second-order valence-electron chi connectivity index (χ2n) is 3.54. The van der Waals surface area contributed by atoms with Crippen LogP contribution < -0.4 is 5.73 Å². The van der Waals surface area contributed by atoms with Crippen LogP contribution in [0.3, 0.4) is 0 Å². The average Bonchev–Trinajstić information content (AvgIpc) is 2.79. The molecule has 0 aliphatic heterocycles. The number of benzene rings is 1. The van der Waals surface area contributed by atoms with Crippen LogP contribution in [0.2, 0.25) is 0 Å². The molecule has 1 aromatic carbocycles. The van der Waals surface area contributed by atoms with E-state index in [1.807, 2.05) is 42.6 Å². The molecule has 0 amide bonds. The zero-order valence-corrected chi connectivity index (χ0v) is 8.51. The smallest absolute Gasteiger partial charge is 0.163 e. The maximum Gasteiger partial charge on any atom is 0.163 e. The second-order valence-corrected chi connectivity index (χ2v) is 3.54. The maximum atomic E-state index is 5.87. The average molecular weight is 210 g/mol. The number of aromatic nitrogens is 3. The number of hydrogen-bond acceptors (Lipinski definition) is 3. The number of rotatable bonds is 1. The first-order chi connectivity index (χ1) is 7.84. The van der Waals surface area contributed by atoms with Gasteiger partial charge in [0.2, 0.25) is 0 Å². The summed E-state index contributed by atoms with van der Waals surface area (Å²) < 4.78 is 0. The Bertz CT molecular complexity index is 628. The number of nitrogens with two attached hydrogens (primary N) is 1. The van der Waals surface area contributed by atoms with Gasteiger partial charge in [0, 0.05) is 11.8 Å². The largest absolute Gasteiger partial charge is 0.383 e. The highest BCUT2D eigenvalue weighted by atomic mass is 15.0. The van der Waals surface area contributed by atoms with E-state index in [9.17, 15) is 0 Å². The standard InChI is InChI=1S/C12H10N4/c13-10-9-6-7-14-12(9)16-11(15-10)8-4-2-1-3-5-8/h1-7H,(H3,13,14,15,16). The van der Waals surface area contributed by atoms with Crippen molar-refractivity contribution in [3.05, 3.63) is 42.6 Å². The van der Waals surface area contributed by atoms with E-state index in [1.54, 1.807) is 0 Å². The van der Waals surface area contributed by atoms with E-state index in [1.165, 1.54) is 0 Å². The van der Waals surface area contributed by atoms with Crippen LogP contribution in [-0.4, -0.2) is 15.0 Å². The Hall–Kier alpha value is -2.36. The number of nitrogen functional groups attached to an aromatic ring is 1. The van der Waals surface area contributed by atoms with Gasteiger partial charge in [-0.1, -0.05) is 30.3 Å². The van der Waals surface area contributed by atoms with Crippen molar-refractivity contribution >= 4 is 16.9 Å².